The molecule has 0 unspecified atom stereocenters. The van der Waals surface area contributed by atoms with Crippen molar-refractivity contribution in [2.75, 3.05) is 25.5 Å². The SMILES string of the molecule is COC(=O)c1cccc(NC(=O)c2cccc(S(=O)(=O)N3CCCC3)c2)c1C. The minimum atomic E-state index is -3.60. The zero-order valence-corrected chi connectivity index (χ0v) is 16.6. The molecule has 1 heterocycles. The molecule has 0 spiro atoms. The number of benzene rings is 2. The number of carbonyl (C=O) groups excluding carboxylic acids is 2. The number of hydrogen-bond donors (Lipinski definition) is 1. The van der Waals surface area contributed by atoms with Crippen LogP contribution in [0, 0.1) is 6.92 Å². The number of carbonyl (C=O) groups is 2. The summed E-state index contributed by atoms with van der Waals surface area (Å²) < 4.78 is 31.6. The molecule has 1 saturated heterocycles. The van der Waals surface area contributed by atoms with Gasteiger partial charge in [0.1, 0.15) is 0 Å². The third-order valence-electron chi connectivity index (χ3n) is 4.79. The largest absolute Gasteiger partial charge is 0.465 e. The van der Waals surface area contributed by atoms with Crippen LogP contribution in [-0.4, -0.2) is 44.8 Å². The fourth-order valence-electron chi connectivity index (χ4n) is 3.17. The van der Waals surface area contributed by atoms with E-state index in [-0.39, 0.29) is 10.5 Å². The predicted molar refractivity (Wildman–Crippen MR) is 105 cm³/mol. The van der Waals surface area contributed by atoms with Crippen LogP contribution in [0.5, 0.6) is 0 Å². The van der Waals surface area contributed by atoms with Gasteiger partial charge in [-0.1, -0.05) is 12.1 Å². The van der Waals surface area contributed by atoms with Crippen molar-refractivity contribution in [3.8, 4) is 0 Å². The van der Waals surface area contributed by atoms with Crippen molar-refractivity contribution < 1.29 is 22.7 Å². The van der Waals surface area contributed by atoms with Gasteiger partial charge >= 0.3 is 5.97 Å². The minimum absolute atomic E-state index is 0.0992. The van der Waals surface area contributed by atoms with Gasteiger partial charge in [-0.25, -0.2) is 13.2 Å². The van der Waals surface area contributed by atoms with Crippen LogP contribution in [-0.2, 0) is 14.8 Å². The average Bonchev–Trinajstić information content (AvgIpc) is 3.25. The molecule has 0 aromatic heterocycles. The van der Waals surface area contributed by atoms with Gasteiger partial charge in [-0.15, -0.1) is 0 Å². The highest BCUT2D eigenvalue weighted by Gasteiger charge is 2.27. The molecule has 28 heavy (non-hydrogen) atoms. The number of sulfonamides is 1. The summed E-state index contributed by atoms with van der Waals surface area (Å²) in [6, 6.07) is 10.9. The Labute approximate surface area is 164 Å². The van der Waals surface area contributed by atoms with Gasteiger partial charge in [0.15, 0.2) is 0 Å². The van der Waals surface area contributed by atoms with Crippen molar-refractivity contribution in [3.63, 3.8) is 0 Å². The zero-order valence-electron chi connectivity index (χ0n) is 15.8. The van der Waals surface area contributed by atoms with E-state index in [2.05, 4.69) is 5.32 Å². The summed E-state index contributed by atoms with van der Waals surface area (Å²) in [5.41, 5.74) is 1.61. The standard InChI is InChI=1S/C20H22N2O5S/c1-14-17(20(24)27-2)9-6-10-18(14)21-19(23)15-7-5-8-16(13-15)28(25,26)22-11-3-4-12-22/h5-10,13H,3-4,11-12H2,1-2H3,(H,21,23). The highest BCUT2D eigenvalue weighted by molar-refractivity contribution is 7.89. The Morgan fingerprint density at radius 3 is 2.43 bits per heavy atom. The zero-order chi connectivity index (χ0) is 20.3. The summed E-state index contributed by atoms with van der Waals surface area (Å²) in [6.45, 7) is 2.70. The van der Waals surface area contributed by atoms with Crippen LogP contribution in [0.1, 0.15) is 39.1 Å². The molecule has 1 aliphatic heterocycles. The van der Waals surface area contributed by atoms with E-state index in [1.54, 1.807) is 37.3 Å². The van der Waals surface area contributed by atoms with E-state index in [9.17, 15) is 18.0 Å². The summed E-state index contributed by atoms with van der Waals surface area (Å²) in [4.78, 5) is 24.6. The summed E-state index contributed by atoms with van der Waals surface area (Å²) >= 11 is 0. The van der Waals surface area contributed by atoms with Crippen molar-refractivity contribution in [1.82, 2.24) is 4.31 Å². The Hall–Kier alpha value is -2.71. The maximum Gasteiger partial charge on any atom is 0.338 e. The lowest BCUT2D eigenvalue weighted by Gasteiger charge is -2.16. The molecule has 148 valence electrons. The third kappa shape index (κ3) is 3.93. The Morgan fingerprint density at radius 2 is 1.75 bits per heavy atom. The third-order valence-corrected chi connectivity index (χ3v) is 6.68. The molecule has 7 nitrogen and oxygen atoms in total. The van der Waals surface area contributed by atoms with Gasteiger partial charge in [0.05, 0.1) is 17.6 Å². The van der Waals surface area contributed by atoms with E-state index in [0.29, 0.717) is 29.9 Å². The summed E-state index contributed by atoms with van der Waals surface area (Å²) in [6.07, 6.45) is 1.68. The molecule has 1 fully saturated rings. The van der Waals surface area contributed by atoms with Crippen LogP contribution < -0.4 is 5.32 Å². The van der Waals surface area contributed by atoms with Gasteiger partial charge in [0, 0.05) is 24.3 Å². The van der Waals surface area contributed by atoms with Crippen molar-refractivity contribution in [3.05, 3.63) is 59.2 Å². The quantitative estimate of drug-likeness (QED) is 0.777. The normalized spacial score (nSPS) is 14.6. The molecule has 0 aliphatic carbocycles. The van der Waals surface area contributed by atoms with Crippen LogP contribution in [0.25, 0.3) is 0 Å². The maximum absolute atomic E-state index is 12.7. The van der Waals surface area contributed by atoms with Crippen LogP contribution in [0.2, 0.25) is 0 Å². The number of nitrogens with zero attached hydrogens (tertiary/aromatic N) is 1. The molecule has 0 saturated carbocycles. The first-order chi connectivity index (χ1) is 13.3. The second-order valence-electron chi connectivity index (χ2n) is 6.56. The van der Waals surface area contributed by atoms with Crippen molar-refractivity contribution in [1.29, 1.82) is 0 Å². The summed E-state index contributed by atoms with van der Waals surface area (Å²) in [7, 11) is -2.31. The topological polar surface area (TPSA) is 92.8 Å². The Kier molecular flexibility index (Phi) is 5.81. The van der Waals surface area contributed by atoms with Crippen molar-refractivity contribution in [2.24, 2.45) is 0 Å². The number of rotatable bonds is 5. The lowest BCUT2D eigenvalue weighted by Crippen LogP contribution is -2.28. The number of methoxy groups -OCH3 is 1. The lowest BCUT2D eigenvalue weighted by atomic mass is 10.1. The fourth-order valence-corrected chi connectivity index (χ4v) is 4.74. The molecule has 2 aromatic rings. The number of anilines is 1. The van der Waals surface area contributed by atoms with Crippen LogP contribution in [0.15, 0.2) is 47.4 Å². The number of hydrogen-bond acceptors (Lipinski definition) is 5. The van der Waals surface area contributed by atoms with Gasteiger partial charge in [0.2, 0.25) is 10.0 Å². The first-order valence-corrected chi connectivity index (χ1v) is 10.4. The van der Waals surface area contributed by atoms with Crippen LogP contribution in [0.4, 0.5) is 5.69 Å². The summed E-state index contributed by atoms with van der Waals surface area (Å²) in [5, 5.41) is 2.74. The molecule has 0 bridgehead atoms. The van der Waals surface area contributed by atoms with Crippen molar-refractivity contribution >= 4 is 27.6 Å². The number of esters is 1. The molecular weight excluding hydrogens is 380 g/mol. The van der Waals surface area contributed by atoms with E-state index < -0.39 is 21.9 Å². The molecule has 0 radical (unpaired) electrons. The second kappa shape index (κ2) is 8.12. The second-order valence-corrected chi connectivity index (χ2v) is 8.50. The van der Waals surface area contributed by atoms with E-state index in [1.165, 1.54) is 23.5 Å². The number of nitrogens with one attached hydrogen (secondary N) is 1. The first kappa shape index (κ1) is 20.0. The maximum atomic E-state index is 12.7. The molecule has 0 atom stereocenters. The van der Waals surface area contributed by atoms with Gasteiger partial charge in [-0.2, -0.15) is 4.31 Å². The minimum Gasteiger partial charge on any atom is -0.465 e. The average molecular weight is 402 g/mol. The van der Waals surface area contributed by atoms with E-state index in [1.807, 2.05) is 0 Å². The monoisotopic (exact) mass is 402 g/mol. The predicted octanol–water partition coefficient (Wildman–Crippen LogP) is 2.82. The van der Waals surface area contributed by atoms with Crippen LogP contribution in [0.3, 0.4) is 0 Å². The van der Waals surface area contributed by atoms with Gasteiger partial charge in [-0.3, -0.25) is 4.79 Å². The van der Waals surface area contributed by atoms with E-state index in [0.717, 1.165) is 12.8 Å². The van der Waals surface area contributed by atoms with Gasteiger partial charge in [-0.05, 0) is 55.7 Å². The Balaban J connectivity index is 1.86. The number of amides is 1. The smallest absolute Gasteiger partial charge is 0.338 e. The Bertz CT molecular complexity index is 1010. The highest BCUT2D eigenvalue weighted by Crippen LogP contribution is 2.23. The fraction of sp³-hybridized carbons (Fsp3) is 0.300. The van der Waals surface area contributed by atoms with Gasteiger partial charge in [0.25, 0.3) is 5.91 Å². The molecule has 1 amide bonds. The Morgan fingerprint density at radius 1 is 1.07 bits per heavy atom. The molecule has 1 N–H and O–H groups in total. The molecule has 1 aliphatic rings. The molecule has 2 aromatic carbocycles. The van der Waals surface area contributed by atoms with E-state index in [4.69, 9.17) is 4.74 Å². The van der Waals surface area contributed by atoms with Crippen molar-refractivity contribution in [2.45, 2.75) is 24.7 Å². The van der Waals surface area contributed by atoms with E-state index >= 15 is 0 Å². The number of ether oxygens (including phenoxy) is 1. The van der Waals surface area contributed by atoms with Gasteiger partial charge < -0.3 is 10.1 Å². The first-order valence-electron chi connectivity index (χ1n) is 8.94. The lowest BCUT2D eigenvalue weighted by molar-refractivity contribution is 0.0599. The van der Waals surface area contributed by atoms with Crippen LogP contribution >= 0.6 is 0 Å². The summed E-state index contributed by atoms with van der Waals surface area (Å²) in [5.74, 6) is -0.948. The highest BCUT2D eigenvalue weighted by atomic mass is 32.2. The molecule has 3 rings (SSSR count). The molecular formula is C20H22N2O5S. The molecule has 8 heteroatoms.